The second-order valence-electron chi connectivity index (χ2n) is 6.18. The van der Waals surface area contributed by atoms with Gasteiger partial charge in [-0.2, -0.15) is 0 Å². The molecule has 0 saturated heterocycles. The standard InChI is InChI=1S/C14H22O3/c1-13(2,3)9-6-10(14(4,5)8-15)12(17)11(16)7-9/h6-7,15-17H,8H2,1-5H3. The van der Waals surface area contributed by atoms with Crippen LogP contribution in [0.2, 0.25) is 0 Å². The molecule has 1 rings (SSSR count). The summed E-state index contributed by atoms with van der Waals surface area (Å²) >= 11 is 0. The van der Waals surface area contributed by atoms with E-state index in [0.717, 1.165) is 5.56 Å². The van der Waals surface area contributed by atoms with Crippen molar-refractivity contribution < 1.29 is 15.3 Å². The molecule has 3 nitrogen and oxygen atoms in total. The van der Waals surface area contributed by atoms with E-state index in [0.29, 0.717) is 5.56 Å². The zero-order chi connectivity index (χ0) is 13.4. The summed E-state index contributed by atoms with van der Waals surface area (Å²) in [4.78, 5) is 0. The molecule has 1 aromatic rings. The van der Waals surface area contributed by atoms with Crippen LogP contribution in [0.4, 0.5) is 0 Å². The van der Waals surface area contributed by atoms with Crippen molar-refractivity contribution in [3.05, 3.63) is 23.3 Å². The van der Waals surface area contributed by atoms with Gasteiger partial charge in [0, 0.05) is 11.0 Å². The average Bonchev–Trinajstić information content (AvgIpc) is 2.20. The molecular formula is C14H22O3. The van der Waals surface area contributed by atoms with Gasteiger partial charge in [-0.3, -0.25) is 0 Å². The number of phenols is 2. The number of aliphatic hydroxyl groups is 1. The Morgan fingerprint density at radius 2 is 1.53 bits per heavy atom. The summed E-state index contributed by atoms with van der Waals surface area (Å²) < 4.78 is 0. The highest BCUT2D eigenvalue weighted by Gasteiger charge is 2.27. The zero-order valence-electron chi connectivity index (χ0n) is 11.2. The van der Waals surface area contributed by atoms with E-state index in [9.17, 15) is 15.3 Å². The van der Waals surface area contributed by atoms with E-state index in [2.05, 4.69) is 0 Å². The maximum atomic E-state index is 9.89. The highest BCUT2D eigenvalue weighted by molar-refractivity contribution is 5.52. The highest BCUT2D eigenvalue weighted by atomic mass is 16.3. The molecule has 1 aromatic carbocycles. The van der Waals surface area contributed by atoms with Crippen molar-refractivity contribution >= 4 is 0 Å². The fourth-order valence-corrected chi connectivity index (χ4v) is 1.65. The molecule has 0 aliphatic heterocycles. The molecule has 0 radical (unpaired) electrons. The summed E-state index contributed by atoms with van der Waals surface area (Å²) in [6.07, 6.45) is 0. The zero-order valence-corrected chi connectivity index (χ0v) is 11.2. The van der Waals surface area contributed by atoms with Gasteiger partial charge in [0.1, 0.15) is 0 Å². The smallest absolute Gasteiger partial charge is 0.161 e. The molecular weight excluding hydrogens is 216 g/mol. The molecule has 0 bridgehead atoms. The van der Waals surface area contributed by atoms with Crippen LogP contribution in [-0.2, 0) is 10.8 Å². The number of phenolic OH excluding ortho intramolecular Hbond substituents is 2. The van der Waals surface area contributed by atoms with Gasteiger partial charge in [0.25, 0.3) is 0 Å². The minimum absolute atomic E-state index is 0.0897. The van der Waals surface area contributed by atoms with Crippen LogP contribution < -0.4 is 0 Å². The van der Waals surface area contributed by atoms with Crippen LogP contribution in [0.1, 0.15) is 45.7 Å². The monoisotopic (exact) mass is 238 g/mol. The van der Waals surface area contributed by atoms with Gasteiger partial charge in [-0.1, -0.05) is 40.7 Å². The third-order valence-electron chi connectivity index (χ3n) is 3.08. The van der Waals surface area contributed by atoms with E-state index >= 15 is 0 Å². The number of hydrogen-bond donors (Lipinski definition) is 3. The molecule has 0 aromatic heterocycles. The first kappa shape index (κ1) is 13.8. The average molecular weight is 238 g/mol. The summed E-state index contributed by atoms with van der Waals surface area (Å²) in [6, 6.07) is 3.43. The quantitative estimate of drug-likeness (QED) is 0.694. The van der Waals surface area contributed by atoms with Crippen molar-refractivity contribution in [3.8, 4) is 11.5 Å². The molecule has 0 aliphatic carbocycles. The largest absolute Gasteiger partial charge is 0.504 e. The fraction of sp³-hybridized carbons (Fsp3) is 0.571. The Hall–Kier alpha value is -1.22. The number of benzene rings is 1. The van der Waals surface area contributed by atoms with E-state index < -0.39 is 5.41 Å². The first-order valence-electron chi connectivity index (χ1n) is 5.77. The van der Waals surface area contributed by atoms with Crippen LogP contribution in [0.15, 0.2) is 12.1 Å². The third kappa shape index (κ3) is 2.72. The maximum absolute atomic E-state index is 9.89. The Morgan fingerprint density at radius 3 is 1.94 bits per heavy atom. The summed E-state index contributed by atoms with van der Waals surface area (Å²) in [5, 5.41) is 29.0. The number of rotatable bonds is 2. The first-order valence-corrected chi connectivity index (χ1v) is 5.77. The van der Waals surface area contributed by atoms with E-state index in [-0.39, 0.29) is 23.5 Å². The van der Waals surface area contributed by atoms with Crippen LogP contribution in [0, 0.1) is 0 Å². The summed E-state index contributed by atoms with van der Waals surface area (Å²) in [5.41, 5.74) is 0.808. The normalized spacial score (nSPS) is 12.8. The van der Waals surface area contributed by atoms with E-state index in [4.69, 9.17) is 0 Å². The van der Waals surface area contributed by atoms with Crippen molar-refractivity contribution in [1.82, 2.24) is 0 Å². The summed E-state index contributed by atoms with van der Waals surface area (Å²) in [6.45, 7) is 9.67. The number of aliphatic hydroxyl groups excluding tert-OH is 1. The molecule has 17 heavy (non-hydrogen) atoms. The topological polar surface area (TPSA) is 60.7 Å². The molecule has 0 heterocycles. The lowest BCUT2D eigenvalue weighted by atomic mass is 9.79. The molecule has 0 fully saturated rings. The third-order valence-corrected chi connectivity index (χ3v) is 3.08. The lowest BCUT2D eigenvalue weighted by Gasteiger charge is -2.27. The predicted molar refractivity (Wildman–Crippen MR) is 68.6 cm³/mol. The lowest BCUT2D eigenvalue weighted by molar-refractivity contribution is 0.214. The predicted octanol–water partition coefficient (Wildman–Crippen LogP) is 2.67. The molecule has 0 aliphatic rings. The number of aromatic hydroxyl groups is 2. The van der Waals surface area contributed by atoms with Gasteiger partial charge in [0.15, 0.2) is 11.5 Å². The van der Waals surface area contributed by atoms with Crippen LogP contribution in [-0.4, -0.2) is 21.9 Å². The Bertz CT molecular complexity index is 414. The Balaban J connectivity index is 3.46. The van der Waals surface area contributed by atoms with Crippen LogP contribution in [0.25, 0.3) is 0 Å². The van der Waals surface area contributed by atoms with E-state index in [1.54, 1.807) is 6.07 Å². The molecule has 3 N–H and O–H groups in total. The second kappa shape index (κ2) is 4.22. The van der Waals surface area contributed by atoms with Gasteiger partial charge in [-0.15, -0.1) is 0 Å². The van der Waals surface area contributed by atoms with Gasteiger partial charge in [-0.25, -0.2) is 0 Å². The molecule has 0 unspecified atom stereocenters. The Labute approximate surface area is 103 Å². The summed E-state index contributed by atoms with van der Waals surface area (Å²) in [5.74, 6) is -0.272. The Kier molecular flexibility index (Phi) is 3.44. The van der Waals surface area contributed by atoms with Crippen LogP contribution in [0.3, 0.4) is 0 Å². The van der Waals surface area contributed by atoms with Gasteiger partial charge < -0.3 is 15.3 Å². The fourth-order valence-electron chi connectivity index (χ4n) is 1.65. The molecule has 3 heteroatoms. The van der Waals surface area contributed by atoms with Crippen molar-refractivity contribution in [1.29, 1.82) is 0 Å². The van der Waals surface area contributed by atoms with Crippen LogP contribution in [0.5, 0.6) is 11.5 Å². The van der Waals surface area contributed by atoms with Gasteiger partial charge in [0.05, 0.1) is 6.61 Å². The number of hydrogen-bond acceptors (Lipinski definition) is 3. The van der Waals surface area contributed by atoms with Crippen molar-refractivity contribution in [2.75, 3.05) is 6.61 Å². The lowest BCUT2D eigenvalue weighted by Crippen LogP contribution is -2.23. The molecule has 0 saturated carbocycles. The van der Waals surface area contributed by atoms with Crippen LogP contribution >= 0.6 is 0 Å². The highest BCUT2D eigenvalue weighted by Crippen LogP contribution is 2.40. The molecule has 0 spiro atoms. The first-order chi connectivity index (χ1) is 7.59. The van der Waals surface area contributed by atoms with E-state index in [1.165, 1.54) is 0 Å². The Morgan fingerprint density at radius 1 is 1.00 bits per heavy atom. The second-order valence-corrected chi connectivity index (χ2v) is 6.18. The SMILES string of the molecule is CC(C)(C)c1cc(O)c(O)c(C(C)(C)CO)c1. The van der Waals surface area contributed by atoms with Gasteiger partial charge >= 0.3 is 0 Å². The maximum Gasteiger partial charge on any atom is 0.161 e. The van der Waals surface area contributed by atoms with Gasteiger partial charge in [0.2, 0.25) is 0 Å². The molecule has 96 valence electrons. The summed E-state index contributed by atoms with van der Waals surface area (Å²) in [7, 11) is 0. The van der Waals surface area contributed by atoms with Crippen molar-refractivity contribution in [2.24, 2.45) is 0 Å². The van der Waals surface area contributed by atoms with Crippen molar-refractivity contribution in [2.45, 2.75) is 45.4 Å². The molecule has 0 amide bonds. The minimum atomic E-state index is -0.581. The van der Waals surface area contributed by atoms with E-state index in [1.807, 2.05) is 40.7 Å². The van der Waals surface area contributed by atoms with Crippen molar-refractivity contribution in [3.63, 3.8) is 0 Å². The molecule has 0 atom stereocenters. The van der Waals surface area contributed by atoms with Gasteiger partial charge in [-0.05, 0) is 17.0 Å². The minimum Gasteiger partial charge on any atom is -0.504 e.